The number of rotatable bonds is 12. The summed E-state index contributed by atoms with van der Waals surface area (Å²) in [6.07, 6.45) is 22.1. The van der Waals surface area contributed by atoms with Crippen LogP contribution in [0, 0.1) is 11.8 Å². The predicted octanol–water partition coefficient (Wildman–Crippen LogP) is 5.98. The number of thioether (sulfide) groups is 1. The first-order valence-electron chi connectivity index (χ1n) is 9.57. The highest BCUT2D eigenvalue weighted by Crippen LogP contribution is 2.44. The Morgan fingerprint density at radius 2 is 1.96 bits per heavy atom. The van der Waals surface area contributed by atoms with Gasteiger partial charge in [-0.3, -0.25) is 4.99 Å². The molecule has 138 valence electrons. The van der Waals surface area contributed by atoms with E-state index in [4.69, 9.17) is 9.73 Å². The van der Waals surface area contributed by atoms with Gasteiger partial charge in [0.15, 0.2) is 0 Å². The number of ether oxygens (including phenoxy) is 1. The minimum absolute atomic E-state index is 0.302. The van der Waals surface area contributed by atoms with Gasteiger partial charge < -0.3 is 4.74 Å². The zero-order chi connectivity index (χ0) is 17.9. The maximum atomic E-state index is 5.39. The van der Waals surface area contributed by atoms with Crippen LogP contribution < -0.4 is 0 Å². The van der Waals surface area contributed by atoms with Crippen LogP contribution in [-0.4, -0.2) is 30.1 Å². The van der Waals surface area contributed by atoms with Gasteiger partial charge in [-0.1, -0.05) is 49.5 Å². The van der Waals surface area contributed by atoms with Crippen LogP contribution >= 0.6 is 11.8 Å². The van der Waals surface area contributed by atoms with E-state index in [1.807, 2.05) is 17.8 Å². The van der Waals surface area contributed by atoms with Crippen LogP contribution in [0.2, 0.25) is 0 Å². The van der Waals surface area contributed by atoms with Crippen LogP contribution in [0.25, 0.3) is 0 Å². The maximum absolute atomic E-state index is 5.39. The normalized spacial score (nSPS) is 27.4. The lowest BCUT2D eigenvalue weighted by Crippen LogP contribution is -2.08. The van der Waals surface area contributed by atoms with Crippen LogP contribution in [-0.2, 0) is 4.74 Å². The Morgan fingerprint density at radius 3 is 2.64 bits per heavy atom. The zero-order valence-corrected chi connectivity index (χ0v) is 16.6. The van der Waals surface area contributed by atoms with Crippen LogP contribution in [0.1, 0.15) is 45.4 Å². The highest BCUT2D eigenvalue weighted by molar-refractivity contribution is 8.14. The highest BCUT2D eigenvalue weighted by atomic mass is 32.2. The number of nitrogens with zero attached hydrogens (tertiary/aromatic N) is 1. The zero-order valence-electron chi connectivity index (χ0n) is 15.8. The number of allylic oxidation sites excluding steroid dienone is 5. The molecule has 3 heteroatoms. The molecule has 2 rings (SSSR count). The number of hydrogen-bond acceptors (Lipinski definition) is 3. The molecular weight excluding hydrogens is 326 g/mol. The van der Waals surface area contributed by atoms with Gasteiger partial charge >= 0.3 is 0 Å². The molecule has 4 atom stereocenters. The van der Waals surface area contributed by atoms with Crippen LogP contribution in [0.5, 0.6) is 0 Å². The van der Waals surface area contributed by atoms with Crippen molar-refractivity contribution in [1.82, 2.24) is 0 Å². The monoisotopic (exact) mass is 359 g/mol. The quantitative estimate of drug-likeness (QED) is 0.243. The third-order valence-corrected chi connectivity index (χ3v) is 5.99. The standard InChI is InChI=1S/C22H33NOS/c1-4-13-20(24-3)15-12-10-8-6-5-7-9-11-14-19-17-25-22(23-19)21-16-18(21)2/h4-6,8,10-11,14,18-21H,1,7,9,12-13,15-17H2,2-3H3/b6-5+,10-8+,14-11-/t18-,19-,20-,21+/m0/s1. The first kappa shape index (κ1) is 20.3. The van der Waals surface area contributed by atoms with Crippen molar-refractivity contribution in [2.75, 3.05) is 12.9 Å². The molecule has 1 heterocycles. The first-order chi connectivity index (χ1) is 12.2. The number of aliphatic imine (C=N–C) groups is 1. The molecule has 2 nitrogen and oxygen atoms in total. The Kier molecular flexibility index (Phi) is 9.35. The molecule has 0 aromatic rings. The summed E-state index contributed by atoms with van der Waals surface area (Å²) in [6.45, 7) is 6.09. The summed E-state index contributed by atoms with van der Waals surface area (Å²) in [6, 6.07) is 0.418. The molecule has 0 saturated heterocycles. The molecule has 0 aromatic carbocycles. The van der Waals surface area contributed by atoms with Crippen molar-refractivity contribution in [1.29, 1.82) is 0 Å². The highest BCUT2D eigenvalue weighted by Gasteiger charge is 2.39. The van der Waals surface area contributed by atoms with Gasteiger partial charge in [-0.15, -0.1) is 18.3 Å². The molecule has 0 aromatic heterocycles. The number of hydrogen-bond donors (Lipinski definition) is 0. The van der Waals surface area contributed by atoms with Crippen molar-refractivity contribution in [3.05, 3.63) is 49.1 Å². The Labute approximate surface area is 158 Å². The Balaban J connectivity index is 1.52. The second-order valence-corrected chi connectivity index (χ2v) is 8.03. The molecule has 1 saturated carbocycles. The van der Waals surface area contributed by atoms with Crippen LogP contribution in [0.3, 0.4) is 0 Å². The summed E-state index contributed by atoms with van der Waals surface area (Å²) in [5, 5.41) is 1.41. The fourth-order valence-electron chi connectivity index (χ4n) is 2.97. The molecule has 0 amide bonds. The second kappa shape index (κ2) is 11.5. The van der Waals surface area contributed by atoms with E-state index < -0.39 is 0 Å². The van der Waals surface area contributed by atoms with E-state index in [1.165, 1.54) is 11.5 Å². The third-order valence-electron chi connectivity index (χ3n) is 4.78. The van der Waals surface area contributed by atoms with Gasteiger partial charge in [0.05, 0.1) is 17.2 Å². The largest absolute Gasteiger partial charge is 0.381 e. The van der Waals surface area contributed by atoms with Crippen molar-refractivity contribution in [3.8, 4) is 0 Å². The molecule has 25 heavy (non-hydrogen) atoms. The molecule has 0 spiro atoms. The van der Waals surface area contributed by atoms with E-state index in [1.54, 1.807) is 7.11 Å². The second-order valence-electron chi connectivity index (χ2n) is 6.99. The molecule has 0 bridgehead atoms. The molecule has 1 aliphatic carbocycles. The van der Waals surface area contributed by atoms with E-state index in [0.29, 0.717) is 12.1 Å². The maximum Gasteiger partial charge on any atom is 0.0783 e. The van der Waals surface area contributed by atoms with Crippen molar-refractivity contribution >= 4 is 16.8 Å². The lowest BCUT2D eigenvalue weighted by molar-refractivity contribution is 0.0987. The fourth-order valence-corrected chi connectivity index (χ4v) is 4.25. The Morgan fingerprint density at radius 1 is 1.24 bits per heavy atom. The van der Waals surface area contributed by atoms with E-state index in [-0.39, 0.29) is 0 Å². The summed E-state index contributed by atoms with van der Waals surface area (Å²) >= 11 is 1.97. The summed E-state index contributed by atoms with van der Waals surface area (Å²) in [5.74, 6) is 2.80. The van der Waals surface area contributed by atoms with Crippen LogP contribution in [0.15, 0.2) is 54.1 Å². The molecule has 2 aliphatic rings. The predicted molar refractivity (Wildman–Crippen MR) is 112 cm³/mol. The fraction of sp³-hybridized carbons (Fsp3) is 0.591. The van der Waals surface area contributed by atoms with E-state index in [0.717, 1.165) is 49.7 Å². The lowest BCUT2D eigenvalue weighted by atomic mass is 10.1. The summed E-state index contributed by atoms with van der Waals surface area (Å²) in [4.78, 5) is 4.85. The van der Waals surface area contributed by atoms with Crippen molar-refractivity contribution < 1.29 is 4.74 Å². The van der Waals surface area contributed by atoms with E-state index in [2.05, 4.69) is 50.0 Å². The van der Waals surface area contributed by atoms with Gasteiger partial charge in [-0.05, 0) is 44.4 Å². The molecule has 1 fully saturated rings. The Hall–Kier alpha value is -1.06. The SMILES string of the molecule is C=CC[C@@H](CC/C=C/C=C/CC/C=C\[C@H]1CSC([C@@H]2C[C@@H]2C)=N1)OC. The minimum atomic E-state index is 0.302. The van der Waals surface area contributed by atoms with Gasteiger partial charge in [0.25, 0.3) is 0 Å². The molecular formula is C22H33NOS. The van der Waals surface area contributed by atoms with Gasteiger partial charge in [0, 0.05) is 18.8 Å². The minimum Gasteiger partial charge on any atom is -0.381 e. The average molecular weight is 360 g/mol. The van der Waals surface area contributed by atoms with Crippen molar-refractivity contribution in [2.24, 2.45) is 16.8 Å². The molecule has 0 radical (unpaired) electrons. The average Bonchev–Trinajstić information content (AvgIpc) is 3.16. The van der Waals surface area contributed by atoms with Gasteiger partial charge in [0.1, 0.15) is 0 Å². The van der Waals surface area contributed by atoms with Crippen molar-refractivity contribution in [3.63, 3.8) is 0 Å². The Bertz CT molecular complexity index is 520. The first-order valence-corrected chi connectivity index (χ1v) is 10.6. The molecule has 1 aliphatic heterocycles. The van der Waals surface area contributed by atoms with Gasteiger partial charge in [-0.2, -0.15) is 0 Å². The summed E-state index contributed by atoms with van der Waals surface area (Å²) < 4.78 is 5.39. The van der Waals surface area contributed by atoms with Crippen molar-refractivity contribution in [2.45, 2.75) is 57.6 Å². The third kappa shape index (κ3) is 7.79. The summed E-state index contributed by atoms with van der Waals surface area (Å²) in [5.41, 5.74) is 0. The van der Waals surface area contributed by atoms with Gasteiger partial charge in [-0.25, -0.2) is 0 Å². The topological polar surface area (TPSA) is 21.6 Å². The molecule has 0 N–H and O–H groups in total. The lowest BCUT2D eigenvalue weighted by Gasteiger charge is -2.10. The molecule has 0 unspecified atom stereocenters. The smallest absolute Gasteiger partial charge is 0.0783 e. The summed E-state index contributed by atoms with van der Waals surface area (Å²) in [7, 11) is 1.77. The number of methoxy groups -OCH3 is 1. The van der Waals surface area contributed by atoms with E-state index >= 15 is 0 Å². The number of unbranched alkanes of at least 4 members (excludes halogenated alkanes) is 1. The van der Waals surface area contributed by atoms with Crippen LogP contribution in [0.4, 0.5) is 0 Å². The van der Waals surface area contributed by atoms with E-state index in [9.17, 15) is 0 Å². The van der Waals surface area contributed by atoms with Gasteiger partial charge in [0.2, 0.25) is 0 Å².